The van der Waals surface area contributed by atoms with Gasteiger partial charge in [0.1, 0.15) is 4.88 Å². The highest BCUT2D eigenvalue weighted by molar-refractivity contribution is 7.80. The average Bonchev–Trinajstić information content (AvgIpc) is 2.32. The van der Waals surface area contributed by atoms with Gasteiger partial charge in [-0.05, 0) is 19.1 Å². The van der Waals surface area contributed by atoms with Gasteiger partial charge in [-0.1, -0.05) is 0 Å². The molecule has 1 aromatic heterocycles. The van der Waals surface area contributed by atoms with E-state index in [1.807, 2.05) is 6.92 Å². The first kappa shape index (κ1) is 9.28. The van der Waals surface area contributed by atoms with E-state index in [0.29, 0.717) is 16.4 Å². The highest BCUT2D eigenvalue weighted by Gasteiger charge is 2.14. The van der Waals surface area contributed by atoms with Crippen molar-refractivity contribution in [3.8, 4) is 0 Å². The zero-order chi connectivity index (χ0) is 9.30. The number of hydrogen-bond acceptors (Lipinski definition) is 5. The summed E-state index contributed by atoms with van der Waals surface area (Å²) >= 11 is 6.39. The summed E-state index contributed by atoms with van der Waals surface area (Å²) in [6, 6.07) is 0. The third-order valence-electron chi connectivity index (χ3n) is 1.54. The molecule has 0 aliphatic rings. The van der Waals surface area contributed by atoms with Gasteiger partial charge < -0.3 is 16.2 Å². The quantitative estimate of drug-likeness (QED) is 0.678. The first-order chi connectivity index (χ1) is 5.57. The second-order valence-electron chi connectivity index (χ2n) is 2.31. The number of thiophene rings is 1. The van der Waals surface area contributed by atoms with Crippen LogP contribution in [-0.2, 0) is 4.74 Å². The fraction of sp³-hybridized carbons (Fsp3) is 0.286. The minimum absolute atomic E-state index is 0.400. The van der Waals surface area contributed by atoms with Gasteiger partial charge in [0.15, 0.2) is 0 Å². The zero-order valence-electron chi connectivity index (χ0n) is 6.88. The van der Waals surface area contributed by atoms with Gasteiger partial charge in [-0.25, -0.2) is 0 Å². The second-order valence-corrected chi connectivity index (χ2v) is 3.90. The number of rotatable bonds is 1. The van der Waals surface area contributed by atoms with Gasteiger partial charge in [0, 0.05) is 4.88 Å². The monoisotopic (exact) mass is 202 g/mol. The van der Waals surface area contributed by atoms with Crippen LogP contribution in [0.3, 0.4) is 0 Å². The molecule has 0 saturated heterocycles. The summed E-state index contributed by atoms with van der Waals surface area (Å²) in [5.74, 6) is 0. The number of anilines is 2. The van der Waals surface area contributed by atoms with E-state index in [2.05, 4.69) is 0 Å². The molecule has 1 aromatic rings. The van der Waals surface area contributed by atoms with Crippen LogP contribution in [0.15, 0.2) is 0 Å². The largest absolute Gasteiger partial charge is 0.486 e. The summed E-state index contributed by atoms with van der Waals surface area (Å²) in [4.78, 5) is 1.73. The summed E-state index contributed by atoms with van der Waals surface area (Å²) < 4.78 is 4.89. The Balaban J connectivity index is 3.17. The van der Waals surface area contributed by atoms with E-state index >= 15 is 0 Å². The van der Waals surface area contributed by atoms with Crippen LogP contribution in [0.25, 0.3) is 0 Å². The molecule has 0 unspecified atom stereocenters. The average molecular weight is 202 g/mol. The molecule has 5 heteroatoms. The number of hydrogen-bond donors (Lipinski definition) is 2. The lowest BCUT2D eigenvalue weighted by molar-refractivity contribution is 0.417. The van der Waals surface area contributed by atoms with Gasteiger partial charge in [0.05, 0.1) is 18.5 Å². The van der Waals surface area contributed by atoms with Gasteiger partial charge in [-0.2, -0.15) is 0 Å². The number of ether oxygens (including phenoxy) is 1. The van der Waals surface area contributed by atoms with Crippen LogP contribution in [0.1, 0.15) is 9.75 Å². The maximum Gasteiger partial charge on any atom is 0.203 e. The number of nitrogen functional groups attached to an aromatic ring is 2. The summed E-state index contributed by atoms with van der Waals surface area (Å²) in [5.41, 5.74) is 12.5. The van der Waals surface area contributed by atoms with Crippen molar-refractivity contribution in [3.05, 3.63) is 9.75 Å². The topological polar surface area (TPSA) is 61.3 Å². The van der Waals surface area contributed by atoms with E-state index in [4.69, 9.17) is 28.4 Å². The Morgan fingerprint density at radius 2 is 2.00 bits per heavy atom. The first-order valence-corrected chi connectivity index (χ1v) is 4.53. The molecule has 0 aromatic carbocycles. The molecule has 0 radical (unpaired) electrons. The molecule has 0 aliphatic carbocycles. The molecule has 0 aliphatic heterocycles. The van der Waals surface area contributed by atoms with Crippen LogP contribution < -0.4 is 11.5 Å². The van der Waals surface area contributed by atoms with Crippen molar-refractivity contribution in [1.82, 2.24) is 0 Å². The molecule has 0 bridgehead atoms. The van der Waals surface area contributed by atoms with Gasteiger partial charge in [0.25, 0.3) is 0 Å². The fourth-order valence-corrected chi connectivity index (χ4v) is 1.97. The predicted molar refractivity (Wildman–Crippen MR) is 56.6 cm³/mol. The molecular formula is C7H10N2OS2. The Morgan fingerprint density at radius 1 is 1.42 bits per heavy atom. The van der Waals surface area contributed by atoms with Crippen molar-refractivity contribution in [2.24, 2.45) is 0 Å². The van der Waals surface area contributed by atoms with Crippen LogP contribution in [0.5, 0.6) is 0 Å². The molecule has 66 valence electrons. The van der Waals surface area contributed by atoms with E-state index in [-0.39, 0.29) is 0 Å². The Morgan fingerprint density at radius 3 is 2.33 bits per heavy atom. The zero-order valence-corrected chi connectivity index (χ0v) is 8.51. The molecule has 4 N–H and O–H groups in total. The van der Waals surface area contributed by atoms with Crippen molar-refractivity contribution >= 4 is 40.0 Å². The van der Waals surface area contributed by atoms with Gasteiger partial charge >= 0.3 is 0 Å². The maximum absolute atomic E-state index is 5.70. The Kier molecular flexibility index (Phi) is 2.54. The molecule has 1 heterocycles. The highest BCUT2D eigenvalue weighted by atomic mass is 32.1. The molecule has 12 heavy (non-hydrogen) atoms. The standard InChI is InChI=1S/C7H10N2OS2/c1-3-4(8)5(9)6(12-3)7(11)10-2/h8-9H2,1-2H3. The third-order valence-corrected chi connectivity index (χ3v) is 3.18. The minimum Gasteiger partial charge on any atom is -0.486 e. The Hall–Kier alpha value is -0.810. The van der Waals surface area contributed by atoms with Crippen molar-refractivity contribution in [1.29, 1.82) is 0 Å². The van der Waals surface area contributed by atoms with Crippen LogP contribution in [0.4, 0.5) is 11.4 Å². The molecule has 0 spiro atoms. The second kappa shape index (κ2) is 3.28. The fourth-order valence-electron chi connectivity index (χ4n) is 0.819. The molecule has 3 nitrogen and oxygen atoms in total. The molecular weight excluding hydrogens is 192 g/mol. The summed E-state index contributed by atoms with van der Waals surface area (Å²) in [5, 5.41) is 0.400. The third kappa shape index (κ3) is 1.37. The van der Waals surface area contributed by atoms with Crippen LogP contribution in [0.2, 0.25) is 0 Å². The smallest absolute Gasteiger partial charge is 0.203 e. The van der Waals surface area contributed by atoms with E-state index in [1.165, 1.54) is 18.4 Å². The van der Waals surface area contributed by atoms with E-state index in [1.54, 1.807) is 0 Å². The minimum atomic E-state index is 0.400. The van der Waals surface area contributed by atoms with Gasteiger partial charge in [-0.3, -0.25) is 0 Å². The number of methoxy groups -OCH3 is 1. The number of nitrogens with two attached hydrogens (primary N) is 2. The van der Waals surface area contributed by atoms with E-state index in [0.717, 1.165) is 9.75 Å². The van der Waals surface area contributed by atoms with Gasteiger partial charge in [0.2, 0.25) is 5.05 Å². The molecule has 0 saturated carbocycles. The number of aryl methyl sites for hydroxylation is 1. The normalized spacial score (nSPS) is 9.83. The Labute approximate surface area is 80.3 Å². The molecule has 1 rings (SSSR count). The van der Waals surface area contributed by atoms with E-state index < -0.39 is 0 Å². The first-order valence-electron chi connectivity index (χ1n) is 3.30. The molecule has 0 fully saturated rings. The highest BCUT2D eigenvalue weighted by Crippen LogP contribution is 2.33. The van der Waals surface area contributed by atoms with Crippen molar-refractivity contribution < 1.29 is 4.74 Å². The SMILES string of the molecule is COC(=S)c1sc(C)c(N)c1N. The Bertz CT molecular complexity index is 319. The van der Waals surface area contributed by atoms with Crippen molar-refractivity contribution in [2.45, 2.75) is 6.92 Å². The van der Waals surface area contributed by atoms with Crippen LogP contribution >= 0.6 is 23.6 Å². The lowest BCUT2D eigenvalue weighted by Gasteiger charge is -1.99. The van der Waals surface area contributed by atoms with Crippen LogP contribution in [0, 0.1) is 6.92 Å². The van der Waals surface area contributed by atoms with Crippen molar-refractivity contribution in [2.75, 3.05) is 18.6 Å². The lowest BCUT2D eigenvalue weighted by Crippen LogP contribution is -2.01. The summed E-state index contributed by atoms with van der Waals surface area (Å²) in [6.07, 6.45) is 0. The number of thiocarbonyl (C=S) groups is 1. The van der Waals surface area contributed by atoms with E-state index in [9.17, 15) is 0 Å². The summed E-state index contributed by atoms with van der Waals surface area (Å²) in [6.45, 7) is 1.90. The van der Waals surface area contributed by atoms with Crippen molar-refractivity contribution in [3.63, 3.8) is 0 Å². The maximum atomic E-state index is 5.70. The predicted octanol–water partition coefficient (Wildman–Crippen LogP) is 1.54. The van der Waals surface area contributed by atoms with Crippen LogP contribution in [-0.4, -0.2) is 12.2 Å². The lowest BCUT2D eigenvalue weighted by atomic mass is 10.3. The summed E-state index contributed by atoms with van der Waals surface area (Å²) in [7, 11) is 1.52. The molecule has 0 amide bonds. The molecule has 0 atom stereocenters. The van der Waals surface area contributed by atoms with Gasteiger partial charge in [-0.15, -0.1) is 11.3 Å².